The molecule has 8 nitrogen and oxygen atoms in total. The number of esters is 1. The summed E-state index contributed by atoms with van der Waals surface area (Å²) in [5.41, 5.74) is 1.01. The van der Waals surface area contributed by atoms with E-state index in [2.05, 4.69) is 5.32 Å². The first-order chi connectivity index (χ1) is 15.8. The molecule has 1 fully saturated rings. The largest absolute Gasteiger partial charge is 0.460 e. The molecule has 33 heavy (non-hydrogen) atoms. The number of carbonyl (C=O) groups excluding carboxylic acids is 2. The number of nitrogens with zero attached hydrogens (tertiary/aromatic N) is 1. The molecule has 3 rings (SSSR count). The van der Waals surface area contributed by atoms with Crippen molar-refractivity contribution in [3.05, 3.63) is 59.9 Å². The SMILES string of the molecule is CC(SCC(=O)Nc1ccc(F)cc1)C(=O)OCc1cccc(S(=O)(=O)N2CCOCC2)c1. The highest BCUT2D eigenvalue weighted by Gasteiger charge is 2.26. The van der Waals surface area contributed by atoms with Gasteiger partial charge in [-0.25, -0.2) is 12.8 Å². The number of halogens is 1. The van der Waals surface area contributed by atoms with Crippen LogP contribution < -0.4 is 5.32 Å². The fourth-order valence-electron chi connectivity index (χ4n) is 3.00. The van der Waals surface area contributed by atoms with Gasteiger partial charge in [0.1, 0.15) is 17.7 Å². The molecule has 0 aromatic heterocycles. The molecule has 1 unspecified atom stereocenters. The minimum absolute atomic E-state index is 0.0148. The van der Waals surface area contributed by atoms with Gasteiger partial charge in [-0.3, -0.25) is 9.59 Å². The molecule has 0 spiro atoms. The van der Waals surface area contributed by atoms with Crippen LogP contribution in [0.2, 0.25) is 0 Å². The van der Waals surface area contributed by atoms with Gasteiger partial charge in [-0.15, -0.1) is 11.8 Å². The van der Waals surface area contributed by atoms with Gasteiger partial charge in [0, 0.05) is 18.8 Å². The number of rotatable bonds is 9. The van der Waals surface area contributed by atoms with Gasteiger partial charge in [-0.1, -0.05) is 12.1 Å². The van der Waals surface area contributed by atoms with Crippen molar-refractivity contribution in [1.29, 1.82) is 0 Å². The minimum Gasteiger partial charge on any atom is -0.460 e. The van der Waals surface area contributed by atoms with Gasteiger partial charge in [-0.2, -0.15) is 4.31 Å². The van der Waals surface area contributed by atoms with E-state index in [0.29, 0.717) is 37.6 Å². The van der Waals surface area contributed by atoms with Crippen LogP contribution in [0.3, 0.4) is 0 Å². The van der Waals surface area contributed by atoms with E-state index in [-0.39, 0.29) is 23.2 Å². The van der Waals surface area contributed by atoms with Crippen LogP contribution in [-0.2, 0) is 35.7 Å². The number of amides is 1. The quantitative estimate of drug-likeness (QED) is 0.533. The molecule has 1 aliphatic heterocycles. The Hall–Kier alpha value is -2.47. The third kappa shape index (κ3) is 7.26. The molecular formula is C22H25FN2O6S2. The molecule has 1 amide bonds. The first kappa shape index (κ1) is 25.2. The number of anilines is 1. The zero-order valence-electron chi connectivity index (χ0n) is 18.0. The molecule has 1 atom stereocenters. The lowest BCUT2D eigenvalue weighted by atomic mass is 10.2. The van der Waals surface area contributed by atoms with Crippen LogP contribution in [0, 0.1) is 5.82 Å². The van der Waals surface area contributed by atoms with E-state index in [1.807, 2.05) is 0 Å². The van der Waals surface area contributed by atoms with Gasteiger partial charge in [0.15, 0.2) is 0 Å². The van der Waals surface area contributed by atoms with Crippen LogP contribution in [0.5, 0.6) is 0 Å². The average molecular weight is 497 g/mol. The highest BCUT2D eigenvalue weighted by Crippen LogP contribution is 2.20. The summed E-state index contributed by atoms with van der Waals surface area (Å²) in [6.45, 7) is 2.84. The van der Waals surface area contributed by atoms with Crippen LogP contribution >= 0.6 is 11.8 Å². The lowest BCUT2D eigenvalue weighted by Crippen LogP contribution is -2.40. The summed E-state index contributed by atoms with van der Waals surface area (Å²) in [7, 11) is -3.64. The lowest BCUT2D eigenvalue weighted by Gasteiger charge is -2.26. The zero-order valence-corrected chi connectivity index (χ0v) is 19.7. The molecule has 11 heteroatoms. The summed E-state index contributed by atoms with van der Waals surface area (Å²) in [6, 6.07) is 11.7. The Morgan fingerprint density at radius 1 is 1.18 bits per heavy atom. The minimum atomic E-state index is -3.64. The smallest absolute Gasteiger partial charge is 0.319 e. The van der Waals surface area contributed by atoms with E-state index in [9.17, 15) is 22.4 Å². The molecular weight excluding hydrogens is 471 g/mol. The molecule has 0 bridgehead atoms. The summed E-state index contributed by atoms with van der Waals surface area (Å²) in [6.07, 6.45) is 0. The Kier molecular flexibility index (Phi) is 8.84. The highest BCUT2D eigenvalue weighted by atomic mass is 32.2. The summed E-state index contributed by atoms with van der Waals surface area (Å²) in [5, 5.41) is 2.01. The van der Waals surface area contributed by atoms with E-state index in [0.717, 1.165) is 11.8 Å². The van der Waals surface area contributed by atoms with Crippen molar-refractivity contribution in [2.24, 2.45) is 0 Å². The number of morpholine rings is 1. The Morgan fingerprint density at radius 2 is 1.88 bits per heavy atom. The Labute approximate surface area is 196 Å². The van der Waals surface area contributed by atoms with E-state index in [1.165, 1.54) is 40.7 Å². The number of benzene rings is 2. The van der Waals surface area contributed by atoms with Crippen LogP contribution in [0.4, 0.5) is 10.1 Å². The van der Waals surface area contributed by atoms with Gasteiger partial charge in [0.2, 0.25) is 15.9 Å². The van der Waals surface area contributed by atoms with Crippen molar-refractivity contribution in [2.45, 2.75) is 23.7 Å². The third-order valence-corrected chi connectivity index (χ3v) is 7.83. The number of nitrogens with one attached hydrogen (secondary N) is 1. The normalized spacial score (nSPS) is 15.6. The standard InChI is InChI=1S/C22H25FN2O6S2/c1-16(32-15-21(26)24-19-7-5-18(23)6-8-19)22(27)31-14-17-3-2-4-20(13-17)33(28,29)25-9-11-30-12-10-25/h2-8,13,16H,9-12,14-15H2,1H3,(H,24,26). The highest BCUT2D eigenvalue weighted by molar-refractivity contribution is 8.01. The zero-order chi connectivity index (χ0) is 23.8. The number of thioether (sulfide) groups is 1. The molecule has 2 aromatic rings. The second-order valence-electron chi connectivity index (χ2n) is 7.28. The summed E-state index contributed by atoms with van der Waals surface area (Å²) < 4.78 is 50.4. The molecule has 1 aliphatic rings. The van der Waals surface area contributed by atoms with Crippen LogP contribution in [0.25, 0.3) is 0 Å². The number of hydrogen-bond donors (Lipinski definition) is 1. The fourth-order valence-corrected chi connectivity index (χ4v) is 5.16. The van der Waals surface area contributed by atoms with Gasteiger partial charge in [0.25, 0.3) is 0 Å². The summed E-state index contributed by atoms with van der Waals surface area (Å²) in [4.78, 5) is 24.5. The van der Waals surface area contributed by atoms with E-state index in [1.54, 1.807) is 19.1 Å². The predicted octanol–water partition coefficient (Wildman–Crippen LogP) is 2.65. The monoisotopic (exact) mass is 496 g/mol. The topological polar surface area (TPSA) is 102 Å². The number of sulfonamides is 1. The maximum absolute atomic E-state index is 12.9. The van der Waals surface area contributed by atoms with Crippen LogP contribution in [-0.4, -0.2) is 61.9 Å². The van der Waals surface area contributed by atoms with Crippen LogP contribution in [0.15, 0.2) is 53.4 Å². The molecule has 0 radical (unpaired) electrons. The lowest BCUT2D eigenvalue weighted by molar-refractivity contribution is -0.143. The van der Waals surface area contributed by atoms with E-state index in [4.69, 9.17) is 9.47 Å². The maximum Gasteiger partial charge on any atom is 0.319 e. The van der Waals surface area contributed by atoms with E-state index < -0.39 is 27.1 Å². The van der Waals surface area contributed by atoms with Crippen molar-refractivity contribution in [1.82, 2.24) is 4.31 Å². The Morgan fingerprint density at radius 3 is 2.58 bits per heavy atom. The molecule has 1 N–H and O–H groups in total. The maximum atomic E-state index is 12.9. The molecule has 1 heterocycles. The second kappa shape index (κ2) is 11.6. The van der Waals surface area contributed by atoms with Crippen molar-refractivity contribution in [3.63, 3.8) is 0 Å². The van der Waals surface area contributed by atoms with Crippen LogP contribution in [0.1, 0.15) is 12.5 Å². The summed E-state index contributed by atoms with van der Waals surface area (Å²) >= 11 is 1.10. The van der Waals surface area contributed by atoms with Gasteiger partial charge in [0.05, 0.1) is 23.9 Å². The fraction of sp³-hybridized carbons (Fsp3) is 0.364. The van der Waals surface area contributed by atoms with E-state index >= 15 is 0 Å². The molecule has 0 aliphatic carbocycles. The number of hydrogen-bond acceptors (Lipinski definition) is 7. The first-order valence-electron chi connectivity index (χ1n) is 10.3. The number of ether oxygens (including phenoxy) is 2. The molecule has 2 aromatic carbocycles. The third-order valence-electron chi connectivity index (χ3n) is 4.81. The van der Waals surface area contributed by atoms with Crippen molar-refractivity contribution < 1.29 is 31.9 Å². The first-order valence-corrected chi connectivity index (χ1v) is 12.7. The predicted molar refractivity (Wildman–Crippen MR) is 123 cm³/mol. The molecule has 178 valence electrons. The van der Waals surface area contributed by atoms with Crippen molar-refractivity contribution >= 4 is 39.3 Å². The number of carbonyl (C=O) groups is 2. The van der Waals surface area contributed by atoms with Crippen molar-refractivity contribution in [2.75, 3.05) is 37.4 Å². The Bertz CT molecular complexity index is 1070. The van der Waals surface area contributed by atoms with Gasteiger partial charge >= 0.3 is 5.97 Å². The average Bonchev–Trinajstić information content (AvgIpc) is 2.83. The Balaban J connectivity index is 1.48. The van der Waals surface area contributed by atoms with Gasteiger partial charge < -0.3 is 14.8 Å². The molecule has 0 saturated carbocycles. The van der Waals surface area contributed by atoms with Gasteiger partial charge in [-0.05, 0) is 48.9 Å². The van der Waals surface area contributed by atoms with Crippen molar-refractivity contribution in [3.8, 4) is 0 Å². The molecule has 1 saturated heterocycles. The summed E-state index contributed by atoms with van der Waals surface area (Å²) in [5.74, 6) is -1.23. The second-order valence-corrected chi connectivity index (χ2v) is 10.5.